The van der Waals surface area contributed by atoms with E-state index in [1.165, 1.54) is 19.3 Å². The summed E-state index contributed by atoms with van der Waals surface area (Å²) in [6.45, 7) is 1.36. The largest absolute Gasteiger partial charge is 0.467 e. The monoisotopic (exact) mass is 374 g/mol. The lowest BCUT2D eigenvalue weighted by atomic mass is 10.2. The zero-order valence-corrected chi connectivity index (χ0v) is 14.5. The first-order valence-corrected chi connectivity index (χ1v) is 8.20. The Morgan fingerprint density at radius 3 is 2.74 bits per heavy atom. The van der Waals surface area contributed by atoms with Crippen molar-refractivity contribution in [3.05, 3.63) is 47.9 Å². The summed E-state index contributed by atoms with van der Waals surface area (Å²) in [6.07, 6.45) is 0.489. The van der Waals surface area contributed by atoms with Crippen LogP contribution >= 0.6 is 0 Å². The zero-order valence-electron chi connectivity index (χ0n) is 14.5. The minimum Gasteiger partial charge on any atom is -0.467 e. The maximum atomic E-state index is 12.1. The summed E-state index contributed by atoms with van der Waals surface area (Å²) >= 11 is 0. The van der Waals surface area contributed by atoms with E-state index in [4.69, 9.17) is 18.6 Å². The first kappa shape index (κ1) is 18.3. The van der Waals surface area contributed by atoms with E-state index >= 15 is 0 Å². The van der Waals surface area contributed by atoms with Crippen LogP contribution in [0.2, 0.25) is 0 Å². The second kappa shape index (κ2) is 8.26. The Kier molecular flexibility index (Phi) is 5.60. The van der Waals surface area contributed by atoms with E-state index in [0.717, 1.165) is 0 Å². The van der Waals surface area contributed by atoms with Crippen molar-refractivity contribution in [2.75, 3.05) is 13.3 Å². The highest BCUT2D eigenvalue weighted by Gasteiger charge is 2.20. The lowest BCUT2D eigenvalue weighted by Gasteiger charge is -2.13. The van der Waals surface area contributed by atoms with Crippen LogP contribution in [0.1, 0.15) is 23.0 Å². The highest BCUT2D eigenvalue weighted by Crippen LogP contribution is 2.32. The van der Waals surface area contributed by atoms with Gasteiger partial charge in [0.2, 0.25) is 6.79 Å². The van der Waals surface area contributed by atoms with Gasteiger partial charge in [-0.25, -0.2) is 0 Å². The fraction of sp³-hybridized carbons (Fsp3) is 0.278. The van der Waals surface area contributed by atoms with Crippen LogP contribution in [-0.2, 0) is 20.9 Å². The van der Waals surface area contributed by atoms with Crippen molar-refractivity contribution >= 4 is 17.8 Å². The molecule has 9 heteroatoms. The zero-order chi connectivity index (χ0) is 19.2. The summed E-state index contributed by atoms with van der Waals surface area (Å²) < 4.78 is 20.5. The van der Waals surface area contributed by atoms with Gasteiger partial charge in [0, 0.05) is 5.56 Å². The lowest BCUT2D eigenvalue weighted by Crippen LogP contribution is -2.38. The van der Waals surface area contributed by atoms with Gasteiger partial charge in [-0.3, -0.25) is 14.4 Å². The molecule has 0 fully saturated rings. The highest BCUT2D eigenvalue weighted by atomic mass is 16.7. The van der Waals surface area contributed by atoms with Gasteiger partial charge >= 0.3 is 5.97 Å². The molecule has 0 spiro atoms. The molecule has 0 aliphatic carbocycles. The number of fused-ring (bicyclic) bond motifs is 1. The van der Waals surface area contributed by atoms with Crippen molar-refractivity contribution in [2.24, 2.45) is 0 Å². The second-order valence-corrected chi connectivity index (χ2v) is 5.68. The van der Waals surface area contributed by atoms with Gasteiger partial charge in [0.15, 0.2) is 17.6 Å². The molecule has 2 N–H and O–H groups in total. The molecular formula is C18H18N2O7. The maximum absolute atomic E-state index is 12.1. The second-order valence-electron chi connectivity index (χ2n) is 5.68. The van der Waals surface area contributed by atoms with Crippen LogP contribution in [-0.4, -0.2) is 37.2 Å². The number of nitrogens with one attached hydrogen (secondary N) is 2. The smallest absolute Gasteiger partial charge is 0.326 e. The molecule has 2 amide bonds. The molecule has 1 aromatic heterocycles. The minimum absolute atomic E-state index is 0.104. The number of rotatable bonds is 7. The molecule has 0 bridgehead atoms. The van der Waals surface area contributed by atoms with Crippen molar-refractivity contribution in [3.63, 3.8) is 0 Å². The third-order valence-electron chi connectivity index (χ3n) is 3.72. The van der Waals surface area contributed by atoms with E-state index in [-0.39, 0.29) is 19.9 Å². The molecule has 0 saturated carbocycles. The van der Waals surface area contributed by atoms with Crippen molar-refractivity contribution in [1.29, 1.82) is 0 Å². The Morgan fingerprint density at radius 2 is 1.96 bits per heavy atom. The van der Waals surface area contributed by atoms with Gasteiger partial charge in [0.1, 0.15) is 12.3 Å². The third kappa shape index (κ3) is 4.78. The van der Waals surface area contributed by atoms with Crippen LogP contribution in [0.15, 0.2) is 41.0 Å². The van der Waals surface area contributed by atoms with Crippen LogP contribution in [0.3, 0.4) is 0 Å². The summed E-state index contributed by atoms with van der Waals surface area (Å²) in [4.78, 5) is 35.8. The molecule has 27 heavy (non-hydrogen) atoms. The fourth-order valence-electron chi connectivity index (χ4n) is 2.32. The van der Waals surface area contributed by atoms with Gasteiger partial charge < -0.3 is 29.3 Å². The number of esters is 1. The minimum atomic E-state index is -1.00. The van der Waals surface area contributed by atoms with Crippen LogP contribution in [0.25, 0.3) is 0 Å². The van der Waals surface area contributed by atoms with Crippen molar-refractivity contribution < 1.29 is 33.0 Å². The number of carbonyl (C=O) groups excluding carboxylic acids is 3. The van der Waals surface area contributed by atoms with Crippen molar-refractivity contribution in [3.8, 4) is 11.5 Å². The molecule has 142 valence electrons. The molecule has 1 aromatic carbocycles. The summed E-state index contributed by atoms with van der Waals surface area (Å²) in [7, 11) is 0. The summed E-state index contributed by atoms with van der Waals surface area (Å²) in [6, 6.07) is 8.10. The number of benzene rings is 1. The van der Waals surface area contributed by atoms with Crippen LogP contribution in [0.4, 0.5) is 0 Å². The number of ether oxygens (including phenoxy) is 3. The van der Waals surface area contributed by atoms with Gasteiger partial charge in [-0.1, -0.05) is 0 Å². The molecule has 9 nitrogen and oxygen atoms in total. The molecule has 0 saturated heterocycles. The Labute approximate surface area is 154 Å². The number of amides is 2. The quantitative estimate of drug-likeness (QED) is 0.694. The van der Waals surface area contributed by atoms with E-state index < -0.39 is 23.9 Å². The van der Waals surface area contributed by atoms with Gasteiger partial charge in [-0.15, -0.1) is 0 Å². The first-order chi connectivity index (χ1) is 13.0. The normalized spacial score (nSPS) is 12.9. The molecule has 0 radical (unpaired) electrons. The Balaban J connectivity index is 1.42. The van der Waals surface area contributed by atoms with Gasteiger partial charge in [-0.05, 0) is 37.3 Å². The third-order valence-corrected chi connectivity index (χ3v) is 3.72. The SMILES string of the molecule is C[C@H](OC(=O)CNC(=O)c1ccc2c(c1)OCO2)C(=O)NCc1ccco1. The highest BCUT2D eigenvalue weighted by molar-refractivity contribution is 5.96. The van der Waals surface area contributed by atoms with Gasteiger partial charge in [0.25, 0.3) is 11.8 Å². The predicted octanol–water partition coefficient (Wildman–Crippen LogP) is 0.986. The summed E-state index contributed by atoms with van der Waals surface area (Å²) in [5.74, 6) is -0.0722. The topological polar surface area (TPSA) is 116 Å². The molecule has 2 heterocycles. The Hall–Kier alpha value is -3.49. The molecule has 3 rings (SSSR count). The summed E-state index contributed by atoms with van der Waals surface area (Å²) in [5, 5.41) is 5.01. The molecule has 2 aromatic rings. The number of hydrogen-bond acceptors (Lipinski definition) is 7. The molecule has 1 aliphatic heterocycles. The van der Waals surface area contributed by atoms with E-state index in [1.54, 1.807) is 24.3 Å². The number of hydrogen-bond donors (Lipinski definition) is 2. The lowest BCUT2D eigenvalue weighted by molar-refractivity contribution is -0.153. The van der Waals surface area contributed by atoms with Crippen molar-refractivity contribution in [1.82, 2.24) is 10.6 Å². The average molecular weight is 374 g/mol. The van der Waals surface area contributed by atoms with E-state index in [0.29, 0.717) is 22.8 Å². The average Bonchev–Trinajstić information content (AvgIpc) is 3.34. The van der Waals surface area contributed by atoms with Crippen LogP contribution in [0, 0.1) is 0 Å². The molecule has 1 atom stereocenters. The van der Waals surface area contributed by atoms with Crippen LogP contribution < -0.4 is 20.1 Å². The van der Waals surface area contributed by atoms with E-state index in [9.17, 15) is 14.4 Å². The maximum Gasteiger partial charge on any atom is 0.326 e. The van der Waals surface area contributed by atoms with Gasteiger partial charge in [-0.2, -0.15) is 0 Å². The van der Waals surface area contributed by atoms with Crippen LogP contribution in [0.5, 0.6) is 11.5 Å². The van der Waals surface area contributed by atoms with Gasteiger partial charge in [0.05, 0.1) is 12.8 Å². The fourth-order valence-corrected chi connectivity index (χ4v) is 2.32. The summed E-state index contributed by atoms with van der Waals surface area (Å²) in [5.41, 5.74) is 0.316. The van der Waals surface area contributed by atoms with Crippen molar-refractivity contribution in [2.45, 2.75) is 19.6 Å². The molecular weight excluding hydrogens is 356 g/mol. The van der Waals surface area contributed by atoms with E-state index in [2.05, 4.69) is 10.6 Å². The molecule has 0 unspecified atom stereocenters. The number of carbonyl (C=O) groups is 3. The first-order valence-electron chi connectivity index (χ1n) is 8.20. The Morgan fingerprint density at radius 1 is 1.15 bits per heavy atom. The predicted molar refractivity (Wildman–Crippen MR) is 91.0 cm³/mol. The molecule has 1 aliphatic rings. The van der Waals surface area contributed by atoms with E-state index in [1.807, 2.05) is 0 Å². The Bertz CT molecular complexity index is 832. The number of furan rings is 1. The standard InChI is InChI=1S/C18H18N2O7/c1-11(17(22)19-8-13-3-2-6-24-13)27-16(21)9-20-18(23)12-4-5-14-15(7-12)26-10-25-14/h2-7,11H,8-10H2,1H3,(H,19,22)(H,20,23)/t11-/m0/s1.